The van der Waals surface area contributed by atoms with Crippen molar-refractivity contribution in [2.24, 2.45) is 0 Å². The van der Waals surface area contributed by atoms with Crippen molar-refractivity contribution >= 4 is 5.91 Å². The van der Waals surface area contributed by atoms with E-state index in [-0.39, 0.29) is 11.9 Å². The molecule has 1 amide bonds. The number of hydrogen-bond acceptors (Lipinski definition) is 5. The van der Waals surface area contributed by atoms with Crippen LogP contribution in [0.4, 0.5) is 0 Å². The van der Waals surface area contributed by atoms with Gasteiger partial charge in [0.05, 0.1) is 6.04 Å². The third-order valence-corrected chi connectivity index (χ3v) is 4.08. The van der Waals surface area contributed by atoms with Crippen LogP contribution in [0.2, 0.25) is 0 Å². The first-order chi connectivity index (χ1) is 10.5. The molecular formula is C14H18N6O2. The lowest BCUT2D eigenvalue weighted by molar-refractivity contribution is -0.140. The van der Waals surface area contributed by atoms with Crippen molar-refractivity contribution in [2.75, 3.05) is 6.54 Å². The molecule has 0 aromatic carbocycles. The van der Waals surface area contributed by atoms with Crippen molar-refractivity contribution in [3.05, 3.63) is 41.1 Å². The lowest BCUT2D eigenvalue weighted by Gasteiger charge is -2.32. The van der Waals surface area contributed by atoms with Crippen LogP contribution in [0, 0.1) is 0 Å². The van der Waals surface area contributed by atoms with Crippen molar-refractivity contribution in [1.29, 1.82) is 0 Å². The fourth-order valence-corrected chi connectivity index (χ4v) is 2.86. The van der Waals surface area contributed by atoms with E-state index in [4.69, 9.17) is 0 Å². The Morgan fingerprint density at radius 1 is 1.45 bits per heavy atom. The minimum atomic E-state index is -0.827. The SMILES string of the molecule is CC(C)(C(=O)N1CCCC1c1ccnc(=O)[nH]1)n1cncn1. The maximum atomic E-state index is 13.0. The van der Waals surface area contributed by atoms with Gasteiger partial charge in [-0.1, -0.05) is 0 Å². The maximum Gasteiger partial charge on any atom is 0.345 e. The zero-order valence-electron chi connectivity index (χ0n) is 12.6. The smallest absolute Gasteiger partial charge is 0.332 e. The number of nitrogens with one attached hydrogen (secondary N) is 1. The fraction of sp³-hybridized carbons (Fsp3) is 0.500. The van der Waals surface area contributed by atoms with E-state index in [9.17, 15) is 9.59 Å². The first-order valence-corrected chi connectivity index (χ1v) is 7.21. The Balaban J connectivity index is 1.90. The molecule has 1 aliphatic rings. The van der Waals surface area contributed by atoms with Crippen molar-refractivity contribution < 1.29 is 4.79 Å². The molecule has 2 aromatic heterocycles. The van der Waals surface area contributed by atoms with E-state index in [1.54, 1.807) is 15.6 Å². The maximum absolute atomic E-state index is 13.0. The summed E-state index contributed by atoms with van der Waals surface area (Å²) in [6.45, 7) is 4.29. The van der Waals surface area contributed by atoms with E-state index < -0.39 is 11.2 Å². The highest BCUT2D eigenvalue weighted by Gasteiger charge is 2.40. The third-order valence-electron chi connectivity index (χ3n) is 4.08. The Kier molecular flexibility index (Phi) is 3.51. The summed E-state index contributed by atoms with van der Waals surface area (Å²) >= 11 is 0. The minimum Gasteiger partial charge on any atom is -0.332 e. The number of nitrogens with zero attached hydrogens (tertiary/aromatic N) is 5. The third kappa shape index (κ3) is 2.40. The molecule has 3 heterocycles. The normalized spacial score (nSPS) is 18.6. The van der Waals surface area contributed by atoms with Crippen LogP contribution in [0.25, 0.3) is 0 Å². The standard InChI is InChI=1S/C14H18N6O2/c1-14(2,20-9-15-8-17-20)12(21)19-7-3-4-11(19)10-5-6-16-13(22)18-10/h5-6,8-9,11H,3-4,7H2,1-2H3,(H,16,18,22). The Morgan fingerprint density at radius 3 is 2.95 bits per heavy atom. The summed E-state index contributed by atoms with van der Waals surface area (Å²) in [6, 6.07) is 1.62. The van der Waals surface area contributed by atoms with Crippen LogP contribution >= 0.6 is 0 Å². The summed E-state index contributed by atoms with van der Waals surface area (Å²) in [4.78, 5) is 36.4. The number of rotatable bonds is 3. The van der Waals surface area contributed by atoms with E-state index in [0.29, 0.717) is 6.54 Å². The van der Waals surface area contributed by atoms with Gasteiger partial charge in [-0.25, -0.2) is 19.4 Å². The van der Waals surface area contributed by atoms with Crippen LogP contribution in [0.1, 0.15) is 38.4 Å². The molecule has 1 N–H and O–H groups in total. The van der Waals surface area contributed by atoms with Crippen molar-refractivity contribution in [3.63, 3.8) is 0 Å². The molecule has 8 heteroatoms. The van der Waals surface area contributed by atoms with Crippen LogP contribution in [0.3, 0.4) is 0 Å². The molecule has 0 bridgehead atoms. The highest BCUT2D eigenvalue weighted by Crippen LogP contribution is 2.33. The molecule has 116 valence electrons. The van der Waals surface area contributed by atoms with E-state index in [1.807, 2.05) is 13.8 Å². The predicted octanol–water partition coefficient (Wildman–Crippen LogP) is 0.460. The first kappa shape index (κ1) is 14.4. The summed E-state index contributed by atoms with van der Waals surface area (Å²) in [7, 11) is 0. The molecule has 1 fully saturated rings. The van der Waals surface area contributed by atoms with Gasteiger partial charge in [0.25, 0.3) is 5.91 Å². The summed E-state index contributed by atoms with van der Waals surface area (Å²) in [5, 5.41) is 4.08. The monoisotopic (exact) mass is 302 g/mol. The highest BCUT2D eigenvalue weighted by atomic mass is 16.2. The van der Waals surface area contributed by atoms with E-state index >= 15 is 0 Å². The number of hydrogen-bond donors (Lipinski definition) is 1. The number of aromatic nitrogens is 5. The van der Waals surface area contributed by atoms with Gasteiger partial charge in [0.2, 0.25) is 0 Å². The second-order valence-electron chi connectivity index (χ2n) is 5.89. The molecule has 0 aliphatic carbocycles. The molecular weight excluding hydrogens is 284 g/mol. The van der Waals surface area contributed by atoms with Gasteiger partial charge in [0.15, 0.2) is 0 Å². The van der Waals surface area contributed by atoms with Gasteiger partial charge in [-0.2, -0.15) is 5.10 Å². The lowest BCUT2D eigenvalue weighted by atomic mass is 10.0. The van der Waals surface area contributed by atoms with Gasteiger partial charge in [-0.15, -0.1) is 0 Å². The summed E-state index contributed by atoms with van der Waals surface area (Å²) in [5.41, 5.74) is -0.501. The molecule has 0 saturated carbocycles. The number of likely N-dealkylation sites (tertiary alicyclic amines) is 1. The molecule has 1 aliphatic heterocycles. The number of aromatic amines is 1. The van der Waals surface area contributed by atoms with E-state index in [0.717, 1.165) is 18.5 Å². The van der Waals surface area contributed by atoms with Crippen LogP contribution < -0.4 is 5.69 Å². The van der Waals surface area contributed by atoms with Gasteiger partial charge in [-0.3, -0.25) is 4.79 Å². The second-order valence-corrected chi connectivity index (χ2v) is 5.89. The molecule has 1 atom stereocenters. The van der Waals surface area contributed by atoms with Crippen molar-refractivity contribution in [3.8, 4) is 0 Å². The number of carbonyl (C=O) groups excluding carboxylic acids is 1. The first-order valence-electron chi connectivity index (χ1n) is 7.21. The van der Waals surface area contributed by atoms with Gasteiger partial charge >= 0.3 is 5.69 Å². The largest absolute Gasteiger partial charge is 0.345 e. The molecule has 0 spiro atoms. The van der Waals surface area contributed by atoms with Gasteiger partial charge in [-0.05, 0) is 32.8 Å². The molecule has 22 heavy (non-hydrogen) atoms. The van der Waals surface area contributed by atoms with Crippen molar-refractivity contribution in [1.82, 2.24) is 29.6 Å². The average Bonchev–Trinajstić information content (AvgIpc) is 3.18. The Hall–Kier alpha value is -2.51. The Bertz CT molecular complexity index is 721. The topological polar surface area (TPSA) is 96.8 Å². The fourth-order valence-electron chi connectivity index (χ4n) is 2.86. The Morgan fingerprint density at radius 2 is 2.27 bits per heavy atom. The predicted molar refractivity (Wildman–Crippen MR) is 77.9 cm³/mol. The van der Waals surface area contributed by atoms with Gasteiger partial charge < -0.3 is 9.88 Å². The number of amides is 1. The van der Waals surface area contributed by atoms with Crippen LogP contribution in [-0.2, 0) is 10.3 Å². The summed E-state index contributed by atoms with van der Waals surface area (Å²) in [5.74, 6) is -0.0434. The molecule has 0 radical (unpaired) electrons. The van der Waals surface area contributed by atoms with Crippen LogP contribution in [0.5, 0.6) is 0 Å². The van der Waals surface area contributed by atoms with Gasteiger partial charge in [0.1, 0.15) is 18.2 Å². The zero-order chi connectivity index (χ0) is 15.7. The minimum absolute atomic E-state index is 0.0434. The van der Waals surface area contributed by atoms with Crippen LogP contribution in [0.15, 0.2) is 29.7 Å². The molecule has 2 aromatic rings. The summed E-state index contributed by atoms with van der Waals surface area (Å²) in [6.07, 6.45) is 6.14. The quantitative estimate of drug-likeness (QED) is 0.888. The molecule has 8 nitrogen and oxygen atoms in total. The lowest BCUT2D eigenvalue weighted by Crippen LogP contribution is -2.47. The number of carbonyl (C=O) groups is 1. The second kappa shape index (κ2) is 5.36. The van der Waals surface area contributed by atoms with E-state index in [2.05, 4.69) is 20.1 Å². The summed E-state index contributed by atoms with van der Waals surface area (Å²) < 4.78 is 1.56. The van der Waals surface area contributed by atoms with E-state index in [1.165, 1.54) is 18.9 Å². The molecule has 1 saturated heterocycles. The van der Waals surface area contributed by atoms with Crippen molar-refractivity contribution in [2.45, 2.75) is 38.3 Å². The highest BCUT2D eigenvalue weighted by molar-refractivity contribution is 5.84. The Labute approximate surface area is 127 Å². The van der Waals surface area contributed by atoms with Gasteiger partial charge in [0, 0.05) is 18.4 Å². The zero-order valence-corrected chi connectivity index (χ0v) is 12.6. The molecule has 3 rings (SSSR count). The van der Waals surface area contributed by atoms with Crippen LogP contribution in [-0.4, -0.2) is 42.1 Å². The average molecular weight is 302 g/mol. The molecule has 1 unspecified atom stereocenters. The number of H-pyrrole nitrogens is 1.